The molecule has 0 bridgehead atoms. The lowest BCUT2D eigenvalue weighted by molar-refractivity contribution is 0.0983. The fourth-order valence-corrected chi connectivity index (χ4v) is 3.47. The van der Waals surface area contributed by atoms with Crippen molar-refractivity contribution in [1.29, 1.82) is 0 Å². The van der Waals surface area contributed by atoms with Gasteiger partial charge in [0.05, 0.1) is 16.9 Å². The first-order chi connectivity index (χ1) is 14.6. The van der Waals surface area contributed by atoms with E-state index in [9.17, 15) is 4.79 Å². The van der Waals surface area contributed by atoms with Gasteiger partial charge in [0.1, 0.15) is 11.6 Å². The second kappa shape index (κ2) is 8.92. The maximum absolute atomic E-state index is 12.9. The number of nitrogens with zero attached hydrogens (tertiary/aromatic N) is 4. The van der Waals surface area contributed by atoms with Crippen molar-refractivity contribution in [2.45, 2.75) is 19.4 Å². The lowest BCUT2D eigenvalue weighted by atomic mass is 10.0. The molecule has 3 aromatic heterocycles. The summed E-state index contributed by atoms with van der Waals surface area (Å²) in [4.78, 5) is 25.4. The van der Waals surface area contributed by atoms with Gasteiger partial charge in [0.15, 0.2) is 5.78 Å². The lowest BCUT2D eigenvalue weighted by Crippen LogP contribution is -2.14. The van der Waals surface area contributed by atoms with Crippen LogP contribution in [0.4, 0.5) is 11.6 Å². The van der Waals surface area contributed by atoms with Crippen molar-refractivity contribution in [3.63, 3.8) is 0 Å². The number of fused-ring (bicyclic) bond motifs is 1. The summed E-state index contributed by atoms with van der Waals surface area (Å²) >= 11 is 6.10. The van der Waals surface area contributed by atoms with Crippen LogP contribution in [-0.2, 0) is 13.0 Å². The highest BCUT2D eigenvalue weighted by molar-refractivity contribution is 6.31. The van der Waals surface area contributed by atoms with Crippen LogP contribution in [-0.4, -0.2) is 31.8 Å². The molecular weight excluding hydrogens is 400 g/mol. The minimum absolute atomic E-state index is 0.00975. The normalized spacial score (nSPS) is 11.0. The molecule has 0 saturated carbocycles. The van der Waals surface area contributed by atoms with Gasteiger partial charge in [-0.25, -0.2) is 15.0 Å². The summed E-state index contributed by atoms with van der Waals surface area (Å²) in [7, 11) is 0. The monoisotopic (exact) mass is 420 g/mol. The van der Waals surface area contributed by atoms with Gasteiger partial charge in [-0.05, 0) is 29.5 Å². The van der Waals surface area contributed by atoms with Crippen molar-refractivity contribution in [3.8, 4) is 0 Å². The number of halogens is 1. The summed E-state index contributed by atoms with van der Waals surface area (Å²) < 4.78 is 1.95. The smallest absolute Gasteiger partial charge is 0.166 e. The van der Waals surface area contributed by atoms with Gasteiger partial charge in [-0.3, -0.25) is 4.79 Å². The molecule has 0 aliphatic rings. The summed E-state index contributed by atoms with van der Waals surface area (Å²) in [5.74, 6) is 1.04. The van der Waals surface area contributed by atoms with Crippen LogP contribution in [0.25, 0.3) is 10.8 Å². The second-order valence-corrected chi connectivity index (χ2v) is 7.39. The van der Waals surface area contributed by atoms with Gasteiger partial charge in [-0.1, -0.05) is 29.8 Å². The van der Waals surface area contributed by atoms with Gasteiger partial charge in [-0.2, -0.15) is 0 Å². The van der Waals surface area contributed by atoms with Crippen molar-refractivity contribution in [1.82, 2.24) is 19.5 Å². The number of nitrogens with one attached hydrogen (secondary N) is 1. The Kier molecular flexibility index (Phi) is 5.90. The van der Waals surface area contributed by atoms with Crippen LogP contribution in [0.2, 0.25) is 5.02 Å². The Balaban J connectivity index is 1.44. The number of ketones is 1. The minimum atomic E-state index is -0.00975. The summed E-state index contributed by atoms with van der Waals surface area (Å²) in [6.45, 7) is 1.33. The van der Waals surface area contributed by atoms with Crippen LogP contribution in [0.1, 0.15) is 22.3 Å². The molecule has 4 aromatic rings. The maximum Gasteiger partial charge on any atom is 0.166 e. The average molecular weight is 421 g/mol. The number of hydrogen-bond donors (Lipinski definition) is 2. The molecule has 0 saturated heterocycles. The Hall–Kier alpha value is -3.45. The highest BCUT2D eigenvalue weighted by Gasteiger charge is 2.14. The number of nitrogens with two attached hydrogens (primary N) is 1. The zero-order valence-corrected chi connectivity index (χ0v) is 17.0. The number of anilines is 2. The molecule has 1 aromatic carbocycles. The second-order valence-electron chi connectivity index (χ2n) is 6.95. The predicted octanol–water partition coefficient (Wildman–Crippen LogP) is 3.99. The highest BCUT2D eigenvalue weighted by atomic mass is 35.5. The zero-order chi connectivity index (χ0) is 20.9. The van der Waals surface area contributed by atoms with Crippen molar-refractivity contribution in [2.24, 2.45) is 0 Å². The molecule has 3 N–H and O–H groups in total. The summed E-state index contributed by atoms with van der Waals surface area (Å²) in [5.41, 5.74) is 7.47. The van der Waals surface area contributed by atoms with E-state index in [1.54, 1.807) is 31.0 Å². The molecule has 152 valence electrons. The number of pyridine rings is 2. The average Bonchev–Trinajstić information content (AvgIpc) is 3.26. The number of carbonyl (C=O) groups excluding carboxylic acids is 1. The molecule has 0 atom stereocenters. The van der Waals surface area contributed by atoms with E-state index in [0.717, 1.165) is 16.3 Å². The van der Waals surface area contributed by atoms with Gasteiger partial charge in [0.2, 0.25) is 0 Å². The third-order valence-electron chi connectivity index (χ3n) is 4.88. The number of Topliss-reactive ketones (excluding diaryl/α,β-unsaturated/α-hetero) is 1. The molecule has 0 aliphatic heterocycles. The van der Waals surface area contributed by atoms with E-state index in [-0.39, 0.29) is 5.78 Å². The molecule has 30 heavy (non-hydrogen) atoms. The van der Waals surface area contributed by atoms with Crippen molar-refractivity contribution < 1.29 is 4.79 Å². The van der Waals surface area contributed by atoms with Crippen LogP contribution in [0.3, 0.4) is 0 Å². The molecular formula is C22H21ClN6O. The SMILES string of the molecule is Nc1nccc2cc(CCC(=O)c3cc(Cl)cnc3NCCn3ccnc3)ccc12. The minimum Gasteiger partial charge on any atom is -0.383 e. The fraction of sp³-hybridized carbons (Fsp3) is 0.182. The van der Waals surface area contributed by atoms with Gasteiger partial charge >= 0.3 is 0 Å². The van der Waals surface area contributed by atoms with E-state index >= 15 is 0 Å². The number of rotatable bonds is 8. The number of benzene rings is 1. The molecule has 3 heterocycles. The van der Waals surface area contributed by atoms with Gasteiger partial charge in [-0.15, -0.1) is 0 Å². The van der Waals surface area contributed by atoms with E-state index in [1.165, 1.54) is 0 Å². The van der Waals surface area contributed by atoms with Crippen LogP contribution in [0.5, 0.6) is 0 Å². The predicted molar refractivity (Wildman–Crippen MR) is 119 cm³/mol. The van der Waals surface area contributed by atoms with E-state index < -0.39 is 0 Å². The molecule has 0 unspecified atom stereocenters. The standard InChI is InChI=1S/C22H21ClN6O/c23-17-12-19(22(28-13-17)27-8-10-29-9-7-25-14-29)20(30)4-2-15-1-3-18-16(11-15)5-6-26-21(18)24/h1,3,5-7,9,11-14H,2,4,8,10H2,(H2,24,26)(H,27,28). The molecule has 0 radical (unpaired) electrons. The zero-order valence-electron chi connectivity index (χ0n) is 16.3. The maximum atomic E-state index is 12.9. The first kappa shape index (κ1) is 19.8. The van der Waals surface area contributed by atoms with Crippen molar-refractivity contribution >= 4 is 39.8 Å². The first-order valence-corrected chi connectivity index (χ1v) is 9.99. The lowest BCUT2D eigenvalue weighted by Gasteiger charge is -2.11. The Morgan fingerprint density at radius 3 is 2.90 bits per heavy atom. The highest BCUT2D eigenvalue weighted by Crippen LogP contribution is 2.23. The van der Waals surface area contributed by atoms with E-state index in [1.807, 2.05) is 35.0 Å². The van der Waals surface area contributed by atoms with Crippen LogP contribution in [0, 0.1) is 0 Å². The van der Waals surface area contributed by atoms with Gasteiger partial charge in [0.25, 0.3) is 0 Å². The molecule has 4 rings (SSSR count). The summed E-state index contributed by atoms with van der Waals surface area (Å²) in [6.07, 6.45) is 9.55. The van der Waals surface area contributed by atoms with E-state index in [0.29, 0.717) is 48.2 Å². The van der Waals surface area contributed by atoms with Gasteiger partial charge < -0.3 is 15.6 Å². The summed E-state index contributed by atoms with van der Waals surface area (Å²) in [5, 5.41) is 5.59. The Morgan fingerprint density at radius 1 is 1.17 bits per heavy atom. The van der Waals surface area contributed by atoms with Crippen molar-refractivity contribution in [2.75, 3.05) is 17.6 Å². The molecule has 7 nitrogen and oxygen atoms in total. The third-order valence-corrected chi connectivity index (χ3v) is 5.08. The molecule has 0 spiro atoms. The Morgan fingerprint density at radius 2 is 2.07 bits per heavy atom. The molecule has 0 amide bonds. The number of aromatic nitrogens is 4. The van der Waals surface area contributed by atoms with Gasteiger partial charge in [0, 0.05) is 49.7 Å². The number of imidazole rings is 1. The third kappa shape index (κ3) is 4.58. The van der Waals surface area contributed by atoms with Crippen LogP contribution in [0.15, 0.2) is 61.4 Å². The largest absolute Gasteiger partial charge is 0.383 e. The quantitative estimate of drug-likeness (QED) is 0.418. The molecule has 0 fully saturated rings. The Labute approximate surface area is 178 Å². The van der Waals surface area contributed by atoms with E-state index in [2.05, 4.69) is 20.3 Å². The molecule has 0 aliphatic carbocycles. The number of carbonyl (C=O) groups is 1. The topological polar surface area (TPSA) is 98.7 Å². The van der Waals surface area contributed by atoms with Crippen LogP contribution < -0.4 is 11.1 Å². The number of nitrogen functional groups attached to an aromatic ring is 1. The first-order valence-electron chi connectivity index (χ1n) is 9.61. The molecule has 8 heteroatoms. The van der Waals surface area contributed by atoms with Crippen LogP contribution >= 0.6 is 11.6 Å². The Bertz CT molecular complexity index is 1180. The summed E-state index contributed by atoms with van der Waals surface area (Å²) in [6, 6.07) is 9.56. The number of hydrogen-bond acceptors (Lipinski definition) is 6. The fourth-order valence-electron chi connectivity index (χ4n) is 3.31. The van der Waals surface area contributed by atoms with E-state index in [4.69, 9.17) is 17.3 Å². The van der Waals surface area contributed by atoms with Crippen molar-refractivity contribution in [3.05, 3.63) is 77.6 Å². The number of aryl methyl sites for hydroxylation is 1.